The van der Waals surface area contributed by atoms with Gasteiger partial charge in [-0.1, -0.05) is 18.2 Å². The molecular weight excluding hydrogens is 286 g/mol. The summed E-state index contributed by atoms with van der Waals surface area (Å²) in [7, 11) is 0. The molecule has 1 fully saturated rings. The van der Waals surface area contributed by atoms with Crippen LogP contribution in [0.25, 0.3) is 0 Å². The van der Waals surface area contributed by atoms with Crippen LogP contribution in [-0.2, 0) is 9.59 Å². The zero-order valence-corrected chi connectivity index (χ0v) is 12.1. The fourth-order valence-corrected chi connectivity index (χ4v) is 2.63. The summed E-state index contributed by atoms with van der Waals surface area (Å²) in [6.07, 6.45) is -0.177. The summed E-state index contributed by atoms with van der Waals surface area (Å²) in [5.41, 5.74) is 4.79. The summed E-state index contributed by atoms with van der Waals surface area (Å²) in [5, 5.41) is 12.1. The Balaban J connectivity index is 2.06. The molecule has 7 nitrogen and oxygen atoms in total. The van der Waals surface area contributed by atoms with E-state index in [4.69, 9.17) is 5.73 Å². The highest BCUT2D eigenvalue weighted by Crippen LogP contribution is 2.24. The van der Waals surface area contributed by atoms with E-state index in [1.165, 1.54) is 0 Å². The van der Waals surface area contributed by atoms with E-state index >= 15 is 0 Å². The molecule has 2 rings (SSSR count). The number of hydrogen-bond donors (Lipinski definition) is 3. The molecule has 1 saturated heterocycles. The highest BCUT2D eigenvalue weighted by Gasteiger charge is 2.43. The van der Waals surface area contributed by atoms with Crippen molar-refractivity contribution in [3.05, 3.63) is 35.9 Å². The fraction of sp³-hybridized carbons (Fsp3) is 0.400. The maximum atomic E-state index is 12.3. The van der Waals surface area contributed by atoms with E-state index in [-0.39, 0.29) is 18.7 Å². The van der Waals surface area contributed by atoms with Gasteiger partial charge in [0.15, 0.2) is 6.29 Å². The average Bonchev–Trinajstić information content (AvgIpc) is 2.55. The van der Waals surface area contributed by atoms with E-state index in [0.717, 1.165) is 0 Å². The van der Waals surface area contributed by atoms with Gasteiger partial charge < -0.3 is 20.5 Å². The third-order valence-electron chi connectivity index (χ3n) is 3.92. The molecule has 0 spiro atoms. The van der Waals surface area contributed by atoms with Crippen molar-refractivity contribution in [1.82, 2.24) is 10.2 Å². The van der Waals surface area contributed by atoms with Crippen LogP contribution in [0, 0.1) is 0 Å². The predicted octanol–water partition coefficient (Wildman–Crippen LogP) is -0.181. The largest absolute Gasteiger partial charge is 0.480 e. The minimum atomic E-state index is -1.27. The lowest BCUT2D eigenvalue weighted by atomic mass is 9.87. The first-order valence-electron chi connectivity index (χ1n) is 7.05. The highest BCUT2D eigenvalue weighted by atomic mass is 16.4. The molecule has 1 atom stereocenters. The molecule has 1 aromatic carbocycles. The lowest BCUT2D eigenvalue weighted by Gasteiger charge is -2.40. The molecule has 0 aliphatic carbocycles. The molecule has 0 radical (unpaired) electrons. The molecule has 22 heavy (non-hydrogen) atoms. The molecule has 1 heterocycles. The van der Waals surface area contributed by atoms with Crippen LogP contribution in [-0.4, -0.2) is 53.0 Å². The second-order valence-corrected chi connectivity index (χ2v) is 5.35. The highest BCUT2D eigenvalue weighted by molar-refractivity contribution is 5.94. The smallest absolute Gasteiger partial charge is 0.324 e. The van der Waals surface area contributed by atoms with E-state index in [1.54, 1.807) is 29.2 Å². The number of piperidine rings is 1. The third kappa shape index (κ3) is 3.32. The number of aldehydes is 1. The molecule has 4 N–H and O–H groups in total. The summed E-state index contributed by atoms with van der Waals surface area (Å²) < 4.78 is 0. The molecule has 0 bridgehead atoms. The van der Waals surface area contributed by atoms with Crippen molar-refractivity contribution in [2.45, 2.75) is 24.5 Å². The van der Waals surface area contributed by atoms with Crippen molar-refractivity contribution < 1.29 is 19.5 Å². The molecule has 1 aliphatic rings. The Kier molecular flexibility index (Phi) is 4.89. The Morgan fingerprint density at radius 3 is 2.36 bits per heavy atom. The minimum absolute atomic E-state index is 0.126. The molecule has 1 aromatic rings. The van der Waals surface area contributed by atoms with Gasteiger partial charge in [0.05, 0.1) is 0 Å². The summed E-state index contributed by atoms with van der Waals surface area (Å²) in [6.45, 7) is 0.581. The zero-order chi connectivity index (χ0) is 16.2. The Hall–Kier alpha value is -2.25. The minimum Gasteiger partial charge on any atom is -0.480 e. The second kappa shape index (κ2) is 6.67. The zero-order valence-electron chi connectivity index (χ0n) is 12.1. The number of carboxylic acids is 1. The van der Waals surface area contributed by atoms with Gasteiger partial charge in [0.25, 0.3) is 5.91 Å². The Bertz CT molecular complexity index is 553. The maximum Gasteiger partial charge on any atom is 0.324 e. The molecule has 1 aliphatic heterocycles. The second-order valence-electron chi connectivity index (χ2n) is 5.35. The van der Waals surface area contributed by atoms with Gasteiger partial charge in [0.1, 0.15) is 11.7 Å². The van der Waals surface area contributed by atoms with Gasteiger partial charge in [-0.05, 0) is 25.0 Å². The van der Waals surface area contributed by atoms with Gasteiger partial charge in [-0.15, -0.1) is 0 Å². The number of rotatable bonds is 5. The number of hydrogen-bond acceptors (Lipinski definition) is 5. The van der Waals surface area contributed by atoms with E-state index in [0.29, 0.717) is 24.9 Å². The van der Waals surface area contributed by atoms with Gasteiger partial charge in [0.2, 0.25) is 0 Å². The number of likely N-dealkylation sites (tertiary alicyclic amines) is 1. The van der Waals surface area contributed by atoms with Crippen LogP contribution in [0.4, 0.5) is 0 Å². The SMILES string of the molecule is NC(C=O)NC1(C(=O)O)CCN(C(=O)c2ccccc2)CC1. The number of nitrogens with zero attached hydrogens (tertiary/aromatic N) is 1. The Morgan fingerprint density at radius 2 is 1.86 bits per heavy atom. The molecule has 0 saturated carbocycles. The monoisotopic (exact) mass is 305 g/mol. The normalized spacial score (nSPS) is 18.5. The van der Waals surface area contributed by atoms with Crippen molar-refractivity contribution in [2.24, 2.45) is 5.73 Å². The summed E-state index contributed by atoms with van der Waals surface area (Å²) in [6, 6.07) is 8.84. The van der Waals surface area contributed by atoms with Crippen LogP contribution >= 0.6 is 0 Å². The first-order chi connectivity index (χ1) is 10.5. The van der Waals surface area contributed by atoms with Crippen LogP contribution in [0.5, 0.6) is 0 Å². The van der Waals surface area contributed by atoms with Crippen molar-refractivity contribution in [3.63, 3.8) is 0 Å². The molecular formula is C15H19N3O4. The van der Waals surface area contributed by atoms with Gasteiger partial charge in [0, 0.05) is 18.7 Å². The van der Waals surface area contributed by atoms with E-state index in [1.807, 2.05) is 6.07 Å². The lowest BCUT2D eigenvalue weighted by Crippen LogP contribution is -2.63. The van der Waals surface area contributed by atoms with Gasteiger partial charge in [-0.3, -0.25) is 14.9 Å². The van der Waals surface area contributed by atoms with Crippen LogP contribution in [0.2, 0.25) is 0 Å². The quantitative estimate of drug-likeness (QED) is 0.514. The number of nitrogens with two attached hydrogens (primary N) is 1. The van der Waals surface area contributed by atoms with Crippen molar-refractivity contribution >= 4 is 18.2 Å². The van der Waals surface area contributed by atoms with E-state index in [9.17, 15) is 19.5 Å². The van der Waals surface area contributed by atoms with E-state index in [2.05, 4.69) is 5.32 Å². The number of nitrogens with one attached hydrogen (secondary N) is 1. The molecule has 0 aromatic heterocycles. The maximum absolute atomic E-state index is 12.3. The molecule has 1 unspecified atom stereocenters. The summed E-state index contributed by atoms with van der Waals surface area (Å²) >= 11 is 0. The Labute approximate surface area is 128 Å². The summed E-state index contributed by atoms with van der Waals surface area (Å²) in [5.74, 6) is -1.18. The molecule has 1 amide bonds. The third-order valence-corrected chi connectivity index (χ3v) is 3.92. The number of benzene rings is 1. The predicted molar refractivity (Wildman–Crippen MR) is 79.1 cm³/mol. The van der Waals surface area contributed by atoms with Gasteiger partial charge in [-0.25, -0.2) is 0 Å². The van der Waals surface area contributed by atoms with E-state index < -0.39 is 17.7 Å². The first kappa shape index (κ1) is 16.1. The van der Waals surface area contributed by atoms with Crippen LogP contribution in [0.3, 0.4) is 0 Å². The van der Waals surface area contributed by atoms with Crippen molar-refractivity contribution in [3.8, 4) is 0 Å². The van der Waals surface area contributed by atoms with Crippen LogP contribution in [0.15, 0.2) is 30.3 Å². The molecule has 118 valence electrons. The van der Waals surface area contributed by atoms with Crippen molar-refractivity contribution in [2.75, 3.05) is 13.1 Å². The molecule has 7 heteroatoms. The summed E-state index contributed by atoms with van der Waals surface area (Å²) in [4.78, 5) is 36.1. The average molecular weight is 305 g/mol. The van der Waals surface area contributed by atoms with Gasteiger partial charge >= 0.3 is 5.97 Å². The Morgan fingerprint density at radius 1 is 1.27 bits per heavy atom. The van der Waals surface area contributed by atoms with Crippen LogP contribution < -0.4 is 11.1 Å². The number of aliphatic carboxylic acids is 1. The number of carboxylic acid groups (broad SMARTS) is 1. The number of carbonyl (C=O) groups excluding carboxylic acids is 2. The van der Waals surface area contributed by atoms with Crippen molar-refractivity contribution in [1.29, 1.82) is 0 Å². The fourth-order valence-electron chi connectivity index (χ4n) is 2.63. The van der Waals surface area contributed by atoms with Gasteiger partial charge in [-0.2, -0.15) is 0 Å². The topological polar surface area (TPSA) is 113 Å². The van der Waals surface area contributed by atoms with Crippen LogP contribution in [0.1, 0.15) is 23.2 Å². The lowest BCUT2D eigenvalue weighted by molar-refractivity contribution is -0.147. The first-order valence-corrected chi connectivity index (χ1v) is 7.05. The number of carbonyl (C=O) groups is 3. The number of amides is 1. The standard InChI is InChI=1S/C15H19N3O4/c16-12(10-19)17-15(14(21)22)6-8-18(9-7-15)13(20)11-4-2-1-3-5-11/h1-5,10,12,17H,6-9,16H2,(H,21,22).